The fourth-order valence-corrected chi connectivity index (χ4v) is 3.54. The van der Waals surface area contributed by atoms with Crippen LogP contribution in [0, 0.1) is 0 Å². The van der Waals surface area contributed by atoms with E-state index in [9.17, 15) is 0 Å². The van der Waals surface area contributed by atoms with Crippen LogP contribution in [0.4, 0.5) is 11.4 Å². The van der Waals surface area contributed by atoms with E-state index < -0.39 is 0 Å². The number of nitrogens with zero attached hydrogens (tertiary/aromatic N) is 2. The zero-order valence-electron chi connectivity index (χ0n) is 18.1. The molecule has 0 saturated heterocycles. The second-order valence-corrected chi connectivity index (χ2v) is 7.51. The molecule has 3 aromatic rings. The molecular weight excluding hydrogens is 360 g/mol. The minimum atomic E-state index is 0.0586. The lowest BCUT2D eigenvalue weighted by Crippen LogP contribution is -2.11. The maximum absolute atomic E-state index is 5.74. The molecule has 0 radical (unpaired) electrons. The molecule has 0 aliphatic heterocycles. The van der Waals surface area contributed by atoms with E-state index in [1.165, 1.54) is 22.5 Å². The van der Waals surface area contributed by atoms with Crippen molar-refractivity contribution in [1.82, 2.24) is 0 Å². The summed E-state index contributed by atoms with van der Waals surface area (Å²) in [6.45, 7) is 0. The lowest BCUT2D eigenvalue weighted by atomic mass is 9.84. The second kappa shape index (κ2) is 8.91. The Kier molecular flexibility index (Phi) is 6.32. The number of ether oxygens (including phenoxy) is 2. The molecule has 0 aromatic heterocycles. The van der Waals surface area contributed by atoms with Gasteiger partial charge in [-0.2, -0.15) is 0 Å². The molecule has 0 unspecified atom stereocenters. The Labute approximate surface area is 174 Å². The van der Waals surface area contributed by atoms with Gasteiger partial charge in [0.05, 0.1) is 14.2 Å². The molecule has 0 atom stereocenters. The Balaban J connectivity index is 2.13. The van der Waals surface area contributed by atoms with Gasteiger partial charge in [0.1, 0.15) is 11.5 Å². The van der Waals surface area contributed by atoms with E-state index in [1.807, 2.05) is 12.1 Å². The minimum absolute atomic E-state index is 0.0586. The van der Waals surface area contributed by atoms with Gasteiger partial charge < -0.3 is 19.3 Å². The van der Waals surface area contributed by atoms with Crippen LogP contribution in [-0.4, -0.2) is 42.4 Å². The first-order chi connectivity index (χ1) is 13.9. The number of hydrogen-bond acceptors (Lipinski definition) is 4. The van der Waals surface area contributed by atoms with Crippen molar-refractivity contribution in [2.24, 2.45) is 0 Å². The molecule has 3 aromatic carbocycles. The molecule has 0 aliphatic carbocycles. The van der Waals surface area contributed by atoms with Gasteiger partial charge in [-0.05, 0) is 41.5 Å². The lowest BCUT2D eigenvalue weighted by molar-refractivity contribution is 0.390. The van der Waals surface area contributed by atoms with Gasteiger partial charge in [0, 0.05) is 57.1 Å². The van der Waals surface area contributed by atoms with Crippen molar-refractivity contribution in [1.29, 1.82) is 0 Å². The van der Waals surface area contributed by atoms with E-state index in [1.54, 1.807) is 14.2 Å². The zero-order valence-corrected chi connectivity index (χ0v) is 18.1. The summed E-state index contributed by atoms with van der Waals surface area (Å²) in [6.07, 6.45) is 0. The highest BCUT2D eigenvalue weighted by molar-refractivity contribution is 5.56. The van der Waals surface area contributed by atoms with Gasteiger partial charge >= 0.3 is 0 Å². The summed E-state index contributed by atoms with van der Waals surface area (Å²) >= 11 is 0. The average molecular weight is 391 g/mol. The minimum Gasteiger partial charge on any atom is -0.497 e. The third-order valence-electron chi connectivity index (χ3n) is 5.24. The molecule has 4 nitrogen and oxygen atoms in total. The number of anilines is 2. The highest BCUT2D eigenvalue weighted by Gasteiger charge is 2.21. The Morgan fingerprint density at radius 2 is 1.10 bits per heavy atom. The van der Waals surface area contributed by atoms with E-state index in [-0.39, 0.29) is 5.92 Å². The zero-order chi connectivity index (χ0) is 21.0. The second-order valence-electron chi connectivity index (χ2n) is 7.51. The molecule has 4 heteroatoms. The molecule has 3 rings (SSSR count). The third-order valence-corrected chi connectivity index (χ3v) is 5.24. The molecule has 152 valence electrons. The maximum atomic E-state index is 5.74. The van der Waals surface area contributed by atoms with Gasteiger partial charge in [0.25, 0.3) is 0 Å². The van der Waals surface area contributed by atoms with Gasteiger partial charge in [-0.15, -0.1) is 0 Å². The van der Waals surface area contributed by atoms with Gasteiger partial charge in [-0.1, -0.05) is 30.3 Å². The topological polar surface area (TPSA) is 24.9 Å². The first-order valence-corrected chi connectivity index (χ1v) is 9.71. The van der Waals surface area contributed by atoms with Gasteiger partial charge in [-0.3, -0.25) is 0 Å². The Hall–Kier alpha value is -3.14. The van der Waals surface area contributed by atoms with Crippen molar-refractivity contribution in [3.05, 3.63) is 83.4 Å². The fraction of sp³-hybridized carbons (Fsp3) is 0.280. The fourth-order valence-electron chi connectivity index (χ4n) is 3.54. The van der Waals surface area contributed by atoms with Gasteiger partial charge in [0.2, 0.25) is 0 Å². The van der Waals surface area contributed by atoms with Crippen molar-refractivity contribution in [2.45, 2.75) is 5.92 Å². The van der Waals surface area contributed by atoms with E-state index in [2.05, 4.69) is 92.6 Å². The number of rotatable bonds is 7. The Morgan fingerprint density at radius 1 is 0.621 bits per heavy atom. The molecule has 0 aliphatic rings. The van der Waals surface area contributed by atoms with Crippen LogP contribution < -0.4 is 19.3 Å². The van der Waals surface area contributed by atoms with Gasteiger partial charge in [-0.25, -0.2) is 0 Å². The van der Waals surface area contributed by atoms with Crippen molar-refractivity contribution in [3.8, 4) is 11.5 Å². The maximum Gasteiger partial charge on any atom is 0.126 e. The third kappa shape index (κ3) is 4.48. The summed E-state index contributed by atoms with van der Waals surface area (Å²) in [5.41, 5.74) is 5.91. The molecule has 0 saturated carbocycles. The van der Waals surface area contributed by atoms with E-state index >= 15 is 0 Å². The van der Waals surface area contributed by atoms with Crippen molar-refractivity contribution < 1.29 is 9.47 Å². The van der Waals surface area contributed by atoms with Crippen LogP contribution in [0.2, 0.25) is 0 Å². The lowest BCUT2D eigenvalue weighted by Gasteiger charge is -2.23. The summed E-state index contributed by atoms with van der Waals surface area (Å²) in [5, 5.41) is 0. The van der Waals surface area contributed by atoms with Crippen LogP contribution in [-0.2, 0) is 0 Å². The number of hydrogen-bond donors (Lipinski definition) is 0. The predicted octanol–water partition coefficient (Wildman–Crippen LogP) is 5.02. The van der Waals surface area contributed by atoms with Gasteiger partial charge in [0.15, 0.2) is 0 Å². The van der Waals surface area contributed by atoms with Crippen LogP contribution in [0.15, 0.2) is 66.7 Å². The first-order valence-electron chi connectivity index (χ1n) is 9.71. The highest BCUT2D eigenvalue weighted by atomic mass is 16.5. The normalized spacial score (nSPS) is 10.7. The first kappa shape index (κ1) is 20.6. The van der Waals surface area contributed by atoms with Crippen LogP contribution in [0.3, 0.4) is 0 Å². The average Bonchev–Trinajstić information content (AvgIpc) is 2.74. The molecule has 0 amide bonds. The predicted molar refractivity (Wildman–Crippen MR) is 122 cm³/mol. The van der Waals surface area contributed by atoms with Crippen LogP contribution in [0.25, 0.3) is 0 Å². The summed E-state index contributed by atoms with van der Waals surface area (Å²) in [5.74, 6) is 1.67. The molecule has 0 N–H and O–H groups in total. The number of benzene rings is 3. The van der Waals surface area contributed by atoms with Crippen molar-refractivity contribution in [2.75, 3.05) is 52.2 Å². The molecule has 0 fully saturated rings. The molecule has 0 heterocycles. The van der Waals surface area contributed by atoms with Crippen LogP contribution in [0.1, 0.15) is 22.6 Å². The summed E-state index contributed by atoms with van der Waals surface area (Å²) in [6, 6.07) is 23.5. The largest absolute Gasteiger partial charge is 0.497 e. The molecular formula is C25H30N2O2. The van der Waals surface area contributed by atoms with Crippen molar-refractivity contribution in [3.63, 3.8) is 0 Å². The van der Waals surface area contributed by atoms with Crippen LogP contribution >= 0.6 is 0 Å². The van der Waals surface area contributed by atoms with Crippen molar-refractivity contribution >= 4 is 11.4 Å². The van der Waals surface area contributed by atoms with E-state index in [0.717, 1.165) is 17.1 Å². The Bertz CT molecular complexity index is 881. The standard InChI is InChI=1S/C25H30N2O2/c1-26(2)20-11-7-18(8-12-20)25(19-9-13-21(14-10-19)27(3)4)23-16-15-22(28-5)17-24(23)29-6/h7-17,25H,1-6H3. The molecule has 29 heavy (non-hydrogen) atoms. The molecule has 0 spiro atoms. The highest BCUT2D eigenvalue weighted by Crippen LogP contribution is 2.39. The summed E-state index contributed by atoms with van der Waals surface area (Å²) in [4.78, 5) is 4.22. The SMILES string of the molecule is COc1ccc(C(c2ccc(N(C)C)cc2)c2ccc(N(C)C)cc2)c(OC)c1. The monoisotopic (exact) mass is 390 g/mol. The van der Waals surface area contributed by atoms with Crippen LogP contribution in [0.5, 0.6) is 11.5 Å². The smallest absolute Gasteiger partial charge is 0.126 e. The molecule has 0 bridgehead atoms. The van der Waals surface area contributed by atoms with E-state index in [4.69, 9.17) is 9.47 Å². The Morgan fingerprint density at radius 3 is 1.48 bits per heavy atom. The summed E-state index contributed by atoms with van der Waals surface area (Å²) < 4.78 is 11.1. The van der Waals surface area contributed by atoms with E-state index in [0.29, 0.717) is 0 Å². The number of methoxy groups -OCH3 is 2. The summed E-state index contributed by atoms with van der Waals surface area (Å²) in [7, 11) is 11.6. The quantitative estimate of drug-likeness (QED) is 0.529.